The van der Waals surface area contributed by atoms with E-state index in [1.807, 2.05) is 54.6 Å². The van der Waals surface area contributed by atoms with E-state index in [-0.39, 0.29) is 17.7 Å². The average Bonchev–Trinajstić information content (AvgIpc) is 2.96. The molecular weight excluding hydrogens is 543 g/mol. The highest BCUT2D eigenvalue weighted by Crippen LogP contribution is 2.51. The molecule has 2 aliphatic rings. The van der Waals surface area contributed by atoms with Crippen LogP contribution in [0.5, 0.6) is 5.75 Å². The molecule has 0 amide bonds. The SMILES string of the molecule is COc1ccc(C2Cc3ccc4c(c3CC2c2ccc(Cl)cc2)C(S(=O)(=O)C(C)C)Cc2ccccc2-4)c(F)c1. The molecule has 2 aliphatic carbocycles. The Morgan fingerprint density at radius 2 is 1.60 bits per heavy atom. The number of halogens is 2. The van der Waals surface area contributed by atoms with Gasteiger partial charge in [0.05, 0.1) is 17.6 Å². The zero-order chi connectivity index (χ0) is 28.2. The van der Waals surface area contributed by atoms with E-state index in [1.165, 1.54) is 13.2 Å². The van der Waals surface area contributed by atoms with Crippen molar-refractivity contribution in [3.63, 3.8) is 0 Å². The Labute approximate surface area is 240 Å². The molecule has 206 valence electrons. The third kappa shape index (κ3) is 4.53. The first-order chi connectivity index (χ1) is 19.2. The molecular formula is C34H32ClFO3S. The molecule has 0 radical (unpaired) electrons. The lowest BCUT2D eigenvalue weighted by molar-refractivity contribution is 0.408. The number of hydrogen-bond acceptors (Lipinski definition) is 3. The third-order valence-corrected chi connectivity index (χ3v) is 11.6. The fourth-order valence-corrected chi connectivity index (χ4v) is 8.47. The van der Waals surface area contributed by atoms with Gasteiger partial charge >= 0.3 is 0 Å². The average molecular weight is 575 g/mol. The summed E-state index contributed by atoms with van der Waals surface area (Å²) in [6, 6.07) is 25.2. The van der Waals surface area contributed by atoms with Crippen LogP contribution in [0.1, 0.15) is 64.3 Å². The Balaban J connectivity index is 1.57. The summed E-state index contributed by atoms with van der Waals surface area (Å²) in [4.78, 5) is 0. The Morgan fingerprint density at radius 1 is 0.850 bits per heavy atom. The number of rotatable bonds is 5. The largest absolute Gasteiger partial charge is 0.497 e. The summed E-state index contributed by atoms with van der Waals surface area (Å²) in [5.74, 6) is 0.00119. The van der Waals surface area contributed by atoms with Gasteiger partial charge in [-0.15, -0.1) is 0 Å². The third-order valence-electron chi connectivity index (χ3n) is 8.80. The normalized spacial score (nSPS) is 20.0. The highest BCUT2D eigenvalue weighted by molar-refractivity contribution is 7.92. The van der Waals surface area contributed by atoms with Gasteiger partial charge < -0.3 is 4.74 Å². The monoisotopic (exact) mass is 574 g/mol. The number of hydrogen-bond donors (Lipinski definition) is 0. The maximum absolute atomic E-state index is 15.5. The minimum Gasteiger partial charge on any atom is -0.497 e. The van der Waals surface area contributed by atoms with E-state index in [2.05, 4.69) is 18.2 Å². The van der Waals surface area contributed by atoms with Crippen LogP contribution in [-0.2, 0) is 29.1 Å². The van der Waals surface area contributed by atoms with E-state index >= 15 is 4.39 Å². The molecule has 6 rings (SSSR count). The Morgan fingerprint density at radius 3 is 2.30 bits per heavy atom. The molecule has 0 fully saturated rings. The second-order valence-corrected chi connectivity index (χ2v) is 14.3. The minimum absolute atomic E-state index is 0.0567. The Bertz CT molecular complexity index is 1700. The molecule has 0 bridgehead atoms. The van der Waals surface area contributed by atoms with E-state index in [9.17, 15) is 8.42 Å². The van der Waals surface area contributed by atoms with Crippen molar-refractivity contribution < 1.29 is 17.5 Å². The smallest absolute Gasteiger partial charge is 0.159 e. The second kappa shape index (κ2) is 10.4. The first kappa shape index (κ1) is 27.0. The van der Waals surface area contributed by atoms with Gasteiger partial charge in [0.1, 0.15) is 11.6 Å². The van der Waals surface area contributed by atoms with Crippen LogP contribution in [0, 0.1) is 5.82 Å². The summed E-state index contributed by atoms with van der Waals surface area (Å²) in [7, 11) is -1.92. The molecule has 6 heteroatoms. The van der Waals surface area contributed by atoms with Gasteiger partial charge in [0.15, 0.2) is 9.84 Å². The lowest BCUT2D eigenvalue weighted by Crippen LogP contribution is -2.30. The van der Waals surface area contributed by atoms with Crippen LogP contribution in [0.2, 0.25) is 5.02 Å². The summed E-state index contributed by atoms with van der Waals surface area (Å²) in [5.41, 5.74) is 7.97. The van der Waals surface area contributed by atoms with E-state index in [0.717, 1.165) is 38.9 Å². The van der Waals surface area contributed by atoms with Gasteiger partial charge in [-0.25, -0.2) is 12.8 Å². The Hall–Kier alpha value is -3.15. The van der Waals surface area contributed by atoms with E-state index in [1.54, 1.807) is 13.8 Å². The number of fused-ring (bicyclic) bond motifs is 5. The van der Waals surface area contributed by atoms with Crippen molar-refractivity contribution in [1.29, 1.82) is 0 Å². The van der Waals surface area contributed by atoms with Crippen molar-refractivity contribution in [2.45, 2.75) is 55.4 Å². The van der Waals surface area contributed by atoms with Crippen molar-refractivity contribution in [2.24, 2.45) is 0 Å². The van der Waals surface area contributed by atoms with Gasteiger partial charge in [0.2, 0.25) is 0 Å². The topological polar surface area (TPSA) is 43.4 Å². The summed E-state index contributed by atoms with van der Waals surface area (Å²) in [6.07, 6.45) is 1.68. The summed E-state index contributed by atoms with van der Waals surface area (Å²) < 4.78 is 48.5. The maximum Gasteiger partial charge on any atom is 0.159 e. The maximum atomic E-state index is 15.5. The van der Waals surface area contributed by atoms with Gasteiger partial charge in [-0.1, -0.05) is 66.2 Å². The van der Waals surface area contributed by atoms with E-state index in [4.69, 9.17) is 16.3 Å². The van der Waals surface area contributed by atoms with Crippen LogP contribution in [0.4, 0.5) is 4.39 Å². The molecule has 40 heavy (non-hydrogen) atoms. The van der Waals surface area contributed by atoms with Gasteiger partial charge in [-0.2, -0.15) is 0 Å². The molecule has 4 aromatic carbocycles. The van der Waals surface area contributed by atoms with Crippen molar-refractivity contribution in [1.82, 2.24) is 0 Å². The molecule has 0 heterocycles. The van der Waals surface area contributed by atoms with Gasteiger partial charge in [0.25, 0.3) is 0 Å². The molecule has 3 atom stereocenters. The molecule has 4 aromatic rings. The fourth-order valence-electron chi connectivity index (χ4n) is 6.68. The lowest BCUT2D eigenvalue weighted by atomic mass is 9.67. The highest BCUT2D eigenvalue weighted by atomic mass is 35.5. The van der Waals surface area contributed by atoms with Gasteiger partial charge in [0, 0.05) is 11.1 Å². The van der Waals surface area contributed by atoms with Crippen LogP contribution in [0.25, 0.3) is 11.1 Å². The van der Waals surface area contributed by atoms with Crippen molar-refractivity contribution in [3.05, 3.63) is 123 Å². The van der Waals surface area contributed by atoms with E-state index in [0.29, 0.717) is 35.6 Å². The number of sulfone groups is 1. The fraction of sp³-hybridized carbons (Fsp3) is 0.294. The molecule has 0 aliphatic heterocycles. The molecule has 0 saturated heterocycles. The Kier molecular flexibility index (Phi) is 7.00. The predicted molar refractivity (Wildman–Crippen MR) is 160 cm³/mol. The molecule has 3 unspecified atom stereocenters. The number of benzene rings is 4. The van der Waals surface area contributed by atoms with Crippen LogP contribution < -0.4 is 4.74 Å². The zero-order valence-corrected chi connectivity index (χ0v) is 24.4. The molecule has 0 aromatic heterocycles. The standard InChI is InChI=1S/C34H32ClFO3S/c1-20(2)40(37,38)33-17-22-6-4-5-7-26(22)28-14-10-23-16-31(27-15-13-25(39-3)18-32(27)36)29(19-30(23)34(28)33)21-8-11-24(35)12-9-21/h4-15,18,20,29,31,33H,16-17,19H2,1-3H3. The predicted octanol–water partition coefficient (Wildman–Crippen LogP) is 8.24. The highest BCUT2D eigenvalue weighted by Gasteiger charge is 2.41. The number of methoxy groups -OCH3 is 1. The summed E-state index contributed by atoms with van der Waals surface area (Å²) >= 11 is 6.24. The first-order valence-electron chi connectivity index (χ1n) is 13.7. The molecule has 0 saturated carbocycles. The van der Waals surface area contributed by atoms with Gasteiger partial charge in [-0.05, 0) is 108 Å². The van der Waals surface area contributed by atoms with Crippen molar-refractivity contribution in [3.8, 4) is 16.9 Å². The molecule has 0 N–H and O–H groups in total. The van der Waals surface area contributed by atoms with Crippen LogP contribution in [0.3, 0.4) is 0 Å². The van der Waals surface area contributed by atoms with Crippen molar-refractivity contribution in [2.75, 3.05) is 7.11 Å². The second-order valence-electron chi connectivity index (χ2n) is 11.2. The summed E-state index contributed by atoms with van der Waals surface area (Å²) in [6.45, 7) is 3.54. The number of ether oxygens (including phenoxy) is 1. The van der Waals surface area contributed by atoms with Gasteiger partial charge in [-0.3, -0.25) is 0 Å². The van der Waals surface area contributed by atoms with E-state index < -0.39 is 20.3 Å². The van der Waals surface area contributed by atoms with Crippen molar-refractivity contribution >= 4 is 21.4 Å². The quantitative estimate of drug-likeness (QED) is 0.241. The van der Waals surface area contributed by atoms with Crippen LogP contribution in [0.15, 0.2) is 78.9 Å². The molecule has 3 nitrogen and oxygen atoms in total. The first-order valence-corrected chi connectivity index (χ1v) is 15.7. The van der Waals surface area contributed by atoms with Crippen LogP contribution in [-0.4, -0.2) is 20.8 Å². The minimum atomic E-state index is -3.45. The molecule has 0 spiro atoms. The zero-order valence-electron chi connectivity index (χ0n) is 22.8. The summed E-state index contributed by atoms with van der Waals surface area (Å²) in [5, 5.41) is -0.472. The van der Waals surface area contributed by atoms with Crippen LogP contribution >= 0.6 is 11.6 Å². The lowest BCUT2D eigenvalue weighted by Gasteiger charge is -2.39.